The van der Waals surface area contributed by atoms with Gasteiger partial charge in [-0.25, -0.2) is 14.4 Å². The number of ether oxygens (including phenoxy) is 1. The number of hydrogen-bond acceptors (Lipinski definition) is 7. The minimum Gasteiger partial charge on any atom is -0.456 e. The molecule has 2 aromatic heterocycles. The third kappa shape index (κ3) is 6.06. The Morgan fingerprint density at radius 1 is 1.00 bits per heavy atom. The quantitative estimate of drug-likeness (QED) is 0.228. The van der Waals surface area contributed by atoms with E-state index in [0.29, 0.717) is 45.5 Å². The summed E-state index contributed by atoms with van der Waals surface area (Å²) < 4.78 is 23.9. The van der Waals surface area contributed by atoms with Crippen LogP contribution in [0.1, 0.15) is 32.1 Å². The molecule has 0 amide bonds. The number of halogens is 2. The standard InChI is InChI=1S/C27H25ClFN5OS/c28-21-8-4-5-9-26(21)36-34-24-11-10-19(16-22(24)29)35-25-13-14-30-17-20(25)23-12-15-31-27(33-23)32-18-6-2-1-3-7-18/h4-5,8-18,34H,1-3,6-7H2,(H,31,32,33). The Hall–Kier alpha value is -3.36. The summed E-state index contributed by atoms with van der Waals surface area (Å²) in [5.74, 6) is 1.04. The van der Waals surface area contributed by atoms with Crippen LogP contribution in [0.4, 0.5) is 16.0 Å². The van der Waals surface area contributed by atoms with Crippen molar-refractivity contribution in [3.63, 3.8) is 0 Å². The van der Waals surface area contributed by atoms with Crippen LogP contribution >= 0.6 is 23.5 Å². The summed E-state index contributed by atoms with van der Waals surface area (Å²) in [6, 6.07) is 16.0. The second kappa shape index (κ2) is 11.6. The number of nitrogens with one attached hydrogen (secondary N) is 2. The summed E-state index contributed by atoms with van der Waals surface area (Å²) in [4.78, 5) is 14.1. The average Bonchev–Trinajstić information content (AvgIpc) is 2.90. The molecule has 9 heteroatoms. The summed E-state index contributed by atoms with van der Waals surface area (Å²) in [7, 11) is 0. The van der Waals surface area contributed by atoms with Crippen molar-refractivity contribution < 1.29 is 9.13 Å². The zero-order chi connectivity index (χ0) is 24.7. The molecule has 184 valence electrons. The lowest BCUT2D eigenvalue weighted by molar-refractivity contribution is 0.461. The highest BCUT2D eigenvalue weighted by atomic mass is 35.5. The van der Waals surface area contributed by atoms with Crippen molar-refractivity contribution in [2.45, 2.75) is 43.0 Å². The molecule has 1 saturated carbocycles. The van der Waals surface area contributed by atoms with Crippen LogP contribution in [0.25, 0.3) is 11.3 Å². The molecule has 0 unspecified atom stereocenters. The first-order valence-electron chi connectivity index (χ1n) is 11.8. The van der Waals surface area contributed by atoms with Crippen molar-refractivity contribution >= 4 is 35.2 Å². The molecule has 0 spiro atoms. The highest BCUT2D eigenvalue weighted by Gasteiger charge is 2.16. The van der Waals surface area contributed by atoms with Crippen LogP contribution in [0.2, 0.25) is 5.02 Å². The first kappa shape index (κ1) is 24.3. The molecule has 1 aliphatic carbocycles. The van der Waals surface area contributed by atoms with Crippen LogP contribution in [0.5, 0.6) is 11.5 Å². The molecule has 2 aromatic carbocycles. The monoisotopic (exact) mass is 521 g/mol. The van der Waals surface area contributed by atoms with Crippen molar-refractivity contribution in [2.24, 2.45) is 0 Å². The molecule has 4 aromatic rings. The van der Waals surface area contributed by atoms with E-state index in [9.17, 15) is 4.39 Å². The molecular weight excluding hydrogens is 497 g/mol. The Bertz CT molecular complexity index is 1340. The van der Waals surface area contributed by atoms with Gasteiger partial charge in [0.15, 0.2) is 5.82 Å². The van der Waals surface area contributed by atoms with E-state index in [0.717, 1.165) is 17.7 Å². The first-order chi connectivity index (χ1) is 17.7. The first-order valence-corrected chi connectivity index (χ1v) is 13.0. The number of rotatable bonds is 8. The minimum absolute atomic E-state index is 0.330. The summed E-state index contributed by atoms with van der Waals surface area (Å²) in [6.45, 7) is 0. The van der Waals surface area contributed by atoms with Crippen molar-refractivity contribution in [1.82, 2.24) is 15.0 Å². The fourth-order valence-electron chi connectivity index (χ4n) is 4.08. The molecule has 1 aliphatic rings. The number of aromatic nitrogens is 3. The van der Waals surface area contributed by atoms with Crippen LogP contribution in [0, 0.1) is 5.82 Å². The van der Waals surface area contributed by atoms with Gasteiger partial charge in [-0.05, 0) is 61.2 Å². The highest BCUT2D eigenvalue weighted by molar-refractivity contribution is 8.00. The van der Waals surface area contributed by atoms with Crippen LogP contribution in [-0.4, -0.2) is 21.0 Å². The summed E-state index contributed by atoms with van der Waals surface area (Å²) >= 11 is 7.42. The van der Waals surface area contributed by atoms with E-state index in [1.165, 1.54) is 37.3 Å². The van der Waals surface area contributed by atoms with Gasteiger partial charge >= 0.3 is 0 Å². The van der Waals surface area contributed by atoms with Gasteiger partial charge in [-0.1, -0.05) is 43.0 Å². The molecule has 0 bridgehead atoms. The van der Waals surface area contributed by atoms with Crippen LogP contribution in [0.15, 0.2) is 78.1 Å². The molecule has 0 atom stereocenters. The Morgan fingerprint density at radius 3 is 2.69 bits per heavy atom. The SMILES string of the molecule is Fc1cc(Oc2ccncc2-c2ccnc(NC3CCCCC3)n2)ccc1NSc1ccccc1Cl. The van der Waals surface area contributed by atoms with Crippen molar-refractivity contribution in [3.8, 4) is 22.8 Å². The van der Waals surface area contributed by atoms with Crippen LogP contribution < -0.4 is 14.8 Å². The Labute approximate surface area is 218 Å². The zero-order valence-electron chi connectivity index (χ0n) is 19.5. The Balaban J connectivity index is 1.30. The molecule has 36 heavy (non-hydrogen) atoms. The lowest BCUT2D eigenvalue weighted by atomic mass is 9.96. The van der Waals surface area contributed by atoms with E-state index < -0.39 is 5.82 Å². The van der Waals surface area contributed by atoms with Gasteiger partial charge in [-0.15, -0.1) is 0 Å². The maximum atomic E-state index is 14.8. The fourth-order valence-corrected chi connectivity index (χ4v) is 5.03. The zero-order valence-corrected chi connectivity index (χ0v) is 21.0. The fraction of sp³-hybridized carbons (Fsp3) is 0.222. The summed E-state index contributed by atoms with van der Waals surface area (Å²) in [5, 5.41) is 4.05. The molecule has 2 heterocycles. The van der Waals surface area contributed by atoms with Gasteiger partial charge in [0.1, 0.15) is 11.5 Å². The van der Waals surface area contributed by atoms with E-state index in [2.05, 4.69) is 20.0 Å². The van der Waals surface area contributed by atoms with Gasteiger partial charge in [0, 0.05) is 35.6 Å². The molecule has 2 N–H and O–H groups in total. The van der Waals surface area contributed by atoms with E-state index in [-0.39, 0.29) is 0 Å². The maximum absolute atomic E-state index is 14.8. The maximum Gasteiger partial charge on any atom is 0.223 e. The summed E-state index contributed by atoms with van der Waals surface area (Å²) in [6.07, 6.45) is 11.0. The van der Waals surface area contributed by atoms with E-state index in [4.69, 9.17) is 21.3 Å². The predicted octanol–water partition coefficient (Wildman–Crippen LogP) is 7.99. The van der Waals surface area contributed by atoms with E-state index in [1.54, 1.807) is 42.9 Å². The van der Waals surface area contributed by atoms with Gasteiger partial charge in [0.25, 0.3) is 0 Å². The number of pyridine rings is 1. The third-order valence-electron chi connectivity index (χ3n) is 5.93. The van der Waals surface area contributed by atoms with Gasteiger partial charge in [-0.3, -0.25) is 4.98 Å². The topological polar surface area (TPSA) is 72.0 Å². The van der Waals surface area contributed by atoms with Gasteiger partial charge < -0.3 is 14.8 Å². The normalized spacial score (nSPS) is 13.8. The number of nitrogens with zero attached hydrogens (tertiary/aromatic N) is 3. The Morgan fingerprint density at radius 2 is 1.86 bits per heavy atom. The predicted molar refractivity (Wildman–Crippen MR) is 143 cm³/mol. The second-order valence-corrected chi connectivity index (χ2v) is 9.75. The second-order valence-electron chi connectivity index (χ2n) is 8.49. The van der Waals surface area contributed by atoms with Gasteiger partial charge in [0.2, 0.25) is 5.95 Å². The molecule has 5 rings (SSSR count). The van der Waals surface area contributed by atoms with Gasteiger partial charge in [0.05, 0.1) is 22.0 Å². The lowest BCUT2D eigenvalue weighted by Crippen LogP contribution is -2.23. The smallest absolute Gasteiger partial charge is 0.223 e. The molecular formula is C27H25ClFN5OS. The molecule has 6 nitrogen and oxygen atoms in total. The molecule has 0 saturated heterocycles. The van der Waals surface area contributed by atoms with Gasteiger partial charge in [-0.2, -0.15) is 0 Å². The van der Waals surface area contributed by atoms with E-state index in [1.807, 2.05) is 24.3 Å². The third-order valence-corrected chi connectivity index (χ3v) is 7.27. The van der Waals surface area contributed by atoms with E-state index >= 15 is 0 Å². The number of anilines is 2. The lowest BCUT2D eigenvalue weighted by Gasteiger charge is -2.22. The largest absolute Gasteiger partial charge is 0.456 e. The van der Waals surface area contributed by atoms with Crippen LogP contribution in [0.3, 0.4) is 0 Å². The molecule has 1 fully saturated rings. The molecule has 0 radical (unpaired) electrons. The van der Waals surface area contributed by atoms with Crippen molar-refractivity contribution in [1.29, 1.82) is 0 Å². The van der Waals surface area contributed by atoms with Crippen molar-refractivity contribution in [3.05, 3.63) is 84.0 Å². The minimum atomic E-state index is -0.441. The summed E-state index contributed by atoms with van der Waals surface area (Å²) in [5.41, 5.74) is 1.71. The highest BCUT2D eigenvalue weighted by Crippen LogP contribution is 2.34. The molecule has 0 aliphatic heterocycles. The average molecular weight is 522 g/mol. The van der Waals surface area contributed by atoms with Crippen LogP contribution in [-0.2, 0) is 0 Å². The Kier molecular flexibility index (Phi) is 7.83. The number of benzene rings is 2. The number of hydrogen-bond donors (Lipinski definition) is 2. The van der Waals surface area contributed by atoms with Crippen molar-refractivity contribution in [2.75, 3.05) is 10.0 Å².